The Morgan fingerprint density at radius 3 is 2.41 bits per heavy atom. The monoisotopic (exact) mass is 289 g/mol. The average molecular weight is 289 g/mol. The molecule has 1 radical (unpaired) electrons. The average Bonchev–Trinajstić information content (AvgIpc) is 2.53. The van der Waals surface area contributed by atoms with Crippen molar-refractivity contribution in [3.63, 3.8) is 0 Å². The smallest absolute Gasteiger partial charge is 0.155 e. The number of aliphatic imine (C=N–C) groups is 1. The minimum absolute atomic E-state index is 0.154. The first-order chi connectivity index (χ1) is 10.5. The summed E-state index contributed by atoms with van der Waals surface area (Å²) in [6, 6.07) is 17.6. The fourth-order valence-corrected chi connectivity index (χ4v) is 2.23. The minimum atomic E-state index is -0.154. The summed E-state index contributed by atoms with van der Waals surface area (Å²) in [5.41, 5.74) is 7.78. The second kappa shape index (κ2) is 5.19. The number of para-hydroxylation sites is 1. The van der Waals surface area contributed by atoms with E-state index in [9.17, 15) is 0 Å². The van der Waals surface area contributed by atoms with Gasteiger partial charge in [-0.25, -0.2) is 10.0 Å². The summed E-state index contributed by atoms with van der Waals surface area (Å²) in [6.45, 7) is 6.27. The quantitative estimate of drug-likeness (QED) is 0.785. The van der Waals surface area contributed by atoms with E-state index in [1.807, 2.05) is 47.5 Å². The van der Waals surface area contributed by atoms with Crippen molar-refractivity contribution in [1.29, 1.82) is 5.26 Å². The van der Waals surface area contributed by atoms with Gasteiger partial charge in [-0.1, -0.05) is 39.0 Å². The highest BCUT2D eigenvalue weighted by Gasteiger charge is 2.29. The van der Waals surface area contributed by atoms with Crippen LogP contribution in [0.1, 0.15) is 26.3 Å². The summed E-state index contributed by atoms with van der Waals surface area (Å²) in [5.74, 6) is 0.772. The number of hydrogen-bond donors (Lipinski definition) is 0. The Hall–Kier alpha value is -2.80. The second-order valence-electron chi connectivity index (χ2n) is 6.25. The number of nitriles is 1. The zero-order valence-corrected chi connectivity index (χ0v) is 12.9. The lowest BCUT2D eigenvalue weighted by molar-refractivity contribution is 0.560. The molecule has 1 aliphatic heterocycles. The molecule has 0 spiro atoms. The van der Waals surface area contributed by atoms with E-state index in [0.29, 0.717) is 5.56 Å². The van der Waals surface area contributed by atoms with Crippen LogP contribution in [0.25, 0.3) is 0 Å². The van der Waals surface area contributed by atoms with Gasteiger partial charge in [-0.15, -0.1) is 0 Å². The number of nitrogens with zero attached hydrogens (tertiary/aromatic N) is 4. The summed E-state index contributed by atoms with van der Waals surface area (Å²) in [4.78, 5) is 4.67. The lowest BCUT2D eigenvalue weighted by Crippen LogP contribution is -2.41. The van der Waals surface area contributed by atoms with Gasteiger partial charge >= 0.3 is 0 Å². The van der Waals surface area contributed by atoms with E-state index in [4.69, 9.17) is 10.7 Å². The van der Waals surface area contributed by atoms with Crippen molar-refractivity contribution in [2.45, 2.75) is 20.8 Å². The summed E-state index contributed by atoms with van der Waals surface area (Å²) in [6.07, 6.45) is 0. The van der Waals surface area contributed by atoms with E-state index < -0.39 is 0 Å². The van der Waals surface area contributed by atoms with E-state index in [0.717, 1.165) is 22.9 Å². The van der Waals surface area contributed by atoms with Gasteiger partial charge in [-0.3, -0.25) is 0 Å². The Labute approximate surface area is 130 Å². The van der Waals surface area contributed by atoms with E-state index in [1.165, 1.54) is 0 Å². The van der Waals surface area contributed by atoms with Crippen molar-refractivity contribution in [2.24, 2.45) is 10.4 Å². The SMILES string of the molecule is CC(C)(C)C1=Nc2ccc(C#N)cc2N(c2ccccc2)[N]1. The Bertz CT molecular complexity index is 764. The number of rotatable bonds is 1. The van der Waals surface area contributed by atoms with Crippen LogP contribution in [-0.4, -0.2) is 5.84 Å². The first kappa shape index (κ1) is 14.2. The second-order valence-corrected chi connectivity index (χ2v) is 6.25. The highest BCUT2D eigenvalue weighted by atomic mass is 15.5. The third-order valence-corrected chi connectivity index (χ3v) is 3.43. The minimum Gasteiger partial charge on any atom is -0.230 e. The maximum atomic E-state index is 9.14. The maximum Gasteiger partial charge on any atom is 0.155 e. The lowest BCUT2D eigenvalue weighted by atomic mass is 9.94. The molecular weight excluding hydrogens is 272 g/mol. The van der Waals surface area contributed by atoms with Crippen molar-refractivity contribution >= 4 is 22.9 Å². The van der Waals surface area contributed by atoms with E-state index >= 15 is 0 Å². The molecule has 109 valence electrons. The molecule has 1 heterocycles. The highest BCUT2D eigenvalue weighted by Crippen LogP contribution is 2.38. The van der Waals surface area contributed by atoms with E-state index in [2.05, 4.69) is 31.8 Å². The predicted octanol–water partition coefficient (Wildman–Crippen LogP) is 4.31. The number of benzene rings is 2. The maximum absolute atomic E-state index is 9.14. The third-order valence-electron chi connectivity index (χ3n) is 3.43. The zero-order chi connectivity index (χ0) is 15.7. The van der Waals surface area contributed by atoms with E-state index in [1.54, 1.807) is 6.07 Å². The van der Waals surface area contributed by atoms with Crippen molar-refractivity contribution in [3.05, 3.63) is 54.1 Å². The summed E-state index contributed by atoms with van der Waals surface area (Å²) in [7, 11) is 0. The van der Waals surface area contributed by atoms with Gasteiger partial charge in [0.2, 0.25) is 0 Å². The van der Waals surface area contributed by atoms with Crippen LogP contribution in [0.15, 0.2) is 53.5 Å². The number of hydrogen-bond acceptors (Lipinski definition) is 3. The van der Waals surface area contributed by atoms with Gasteiger partial charge in [0.1, 0.15) is 0 Å². The van der Waals surface area contributed by atoms with Crippen LogP contribution < -0.4 is 10.4 Å². The standard InChI is InChI=1S/C18H17N4/c1-18(2,3)17-20-15-10-9-13(12-19)11-16(15)22(21-17)14-7-5-4-6-8-14/h4-11H,1-3H3. The van der Waals surface area contributed by atoms with Crippen molar-refractivity contribution in [2.75, 3.05) is 5.01 Å². The van der Waals surface area contributed by atoms with E-state index in [-0.39, 0.29) is 5.41 Å². The summed E-state index contributed by atoms with van der Waals surface area (Å²) in [5, 5.41) is 11.0. The van der Waals surface area contributed by atoms with Crippen LogP contribution in [0.5, 0.6) is 0 Å². The van der Waals surface area contributed by atoms with Crippen LogP contribution in [0.4, 0.5) is 17.1 Å². The van der Waals surface area contributed by atoms with Gasteiger partial charge in [-0.05, 0) is 30.3 Å². The largest absolute Gasteiger partial charge is 0.230 e. The van der Waals surface area contributed by atoms with Gasteiger partial charge in [0.05, 0.1) is 28.7 Å². The molecule has 0 aliphatic carbocycles. The molecule has 0 bridgehead atoms. The van der Waals surface area contributed by atoms with Gasteiger partial charge in [0, 0.05) is 5.41 Å². The Morgan fingerprint density at radius 2 is 1.77 bits per heavy atom. The molecule has 0 fully saturated rings. The molecule has 0 unspecified atom stereocenters. The molecule has 3 rings (SSSR count). The first-order valence-corrected chi connectivity index (χ1v) is 7.19. The number of anilines is 2. The molecular formula is C18H17N4. The Balaban J connectivity index is 2.17. The van der Waals surface area contributed by atoms with Gasteiger partial charge in [0.25, 0.3) is 0 Å². The first-order valence-electron chi connectivity index (χ1n) is 7.19. The topological polar surface area (TPSA) is 53.5 Å². The summed E-state index contributed by atoms with van der Waals surface area (Å²) < 4.78 is 0. The molecule has 0 N–H and O–H groups in total. The van der Waals surface area contributed by atoms with Crippen molar-refractivity contribution in [3.8, 4) is 6.07 Å². The van der Waals surface area contributed by atoms with Crippen LogP contribution in [0, 0.1) is 16.7 Å². The molecule has 1 aliphatic rings. The molecule has 2 aromatic rings. The fraction of sp³-hybridized carbons (Fsp3) is 0.222. The zero-order valence-electron chi connectivity index (χ0n) is 12.9. The highest BCUT2D eigenvalue weighted by molar-refractivity contribution is 5.96. The molecule has 0 atom stereocenters. The fourth-order valence-electron chi connectivity index (χ4n) is 2.23. The Morgan fingerprint density at radius 1 is 1.05 bits per heavy atom. The van der Waals surface area contributed by atoms with Gasteiger partial charge in [0.15, 0.2) is 5.84 Å². The normalized spacial score (nSPS) is 13.7. The molecule has 2 aromatic carbocycles. The lowest BCUT2D eigenvalue weighted by Gasteiger charge is -2.33. The molecule has 0 amide bonds. The molecule has 0 saturated heterocycles. The van der Waals surface area contributed by atoms with Crippen LogP contribution in [-0.2, 0) is 0 Å². The molecule has 22 heavy (non-hydrogen) atoms. The number of amidine groups is 1. The predicted molar refractivity (Wildman–Crippen MR) is 88.4 cm³/mol. The third kappa shape index (κ3) is 2.53. The van der Waals surface area contributed by atoms with Crippen molar-refractivity contribution < 1.29 is 0 Å². The molecule has 0 saturated carbocycles. The van der Waals surface area contributed by atoms with Crippen LogP contribution in [0.2, 0.25) is 0 Å². The Kier molecular flexibility index (Phi) is 3.34. The molecule has 4 nitrogen and oxygen atoms in total. The summed E-state index contributed by atoms with van der Waals surface area (Å²) >= 11 is 0. The van der Waals surface area contributed by atoms with Crippen LogP contribution >= 0.6 is 0 Å². The van der Waals surface area contributed by atoms with Gasteiger partial charge < -0.3 is 0 Å². The van der Waals surface area contributed by atoms with Crippen LogP contribution in [0.3, 0.4) is 0 Å². The van der Waals surface area contributed by atoms with Crippen molar-refractivity contribution in [1.82, 2.24) is 5.43 Å². The number of fused-ring (bicyclic) bond motifs is 1. The van der Waals surface area contributed by atoms with Gasteiger partial charge in [-0.2, -0.15) is 10.7 Å². The molecule has 0 aromatic heterocycles. The molecule has 4 heteroatoms.